The number of likely N-dealkylation sites (tertiary alicyclic amines) is 1. The van der Waals surface area contributed by atoms with Gasteiger partial charge in [-0.05, 0) is 57.5 Å². The van der Waals surface area contributed by atoms with Crippen molar-refractivity contribution in [2.75, 3.05) is 19.7 Å². The Morgan fingerprint density at radius 2 is 2.03 bits per heavy atom. The number of furan rings is 1. The number of hydrogen-bond acceptors (Lipinski definition) is 8. The second-order valence-corrected chi connectivity index (χ2v) is 9.28. The zero-order valence-corrected chi connectivity index (χ0v) is 19.4. The van der Waals surface area contributed by atoms with Crippen molar-refractivity contribution in [2.24, 2.45) is 5.92 Å². The van der Waals surface area contributed by atoms with E-state index in [1.807, 2.05) is 6.92 Å². The maximum Gasteiger partial charge on any atom is 0.309 e. The van der Waals surface area contributed by atoms with Gasteiger partial charge >= 0.3 is 5.97 Å². The van der Waals surface area contributed by atoms with Crippen LogP contribution in [-0.2, 0) is 9.53 Å². The van der Waals surface area contributed by atoms with Crippen LogP contribution in [0.2, 0.25) is 0 Å². The molecule has 5 rings (SSSR count). The van der Waals surface area contributed by atoms with Crippen LogP contribution < -0.4 is 0 Å². The molecule has 8 nitrogen and oxygen atoms in total. The van der Waals surface area contributed by atoms with Gasteiger partial charge in [-0.3, -0.25) is 9.69 Å². The molecule has 0 radical (unpaired) electrons. The zero-order chi connectivity index (χ0) is 22.9. The Hall–Kier alpha value is -3.17. The van der Waals surface area contributed by atoms with Gasteiger partial charge in [0.25, 0.3) is 0 Å². The summed E-state index contributed by atoms with van der Waals surface area (Å²) in [6.45, 7) is 5.75. The van der Waals surface area contributed by atoms with Gasteiger partial charge in [0.2, 0.25) is 16.7 Å². The number of benzene rings is 1. The summed E-state index contributed by atoms with van der Waals surface area (Å²) in [4.78, 5) is 20.5. The van der Waals surface area contributed by atoms with E-state index in [1.165, 1.54) is 21.4 Å². The lowest BCUT2D eigenvalue weighted by Gasteiger charge is -2.36. The van der Waals surface area contributed by atoms with E-state index in [4.69, 9.17) is 9.15 Å². The van der Waals surface area contributed by atoms with Crippen LogP contribution in [0.4, 0.5) is 0 Å². The Labute approximate surface area is 195 Å². The second-order valence-electron chi connectivity index (χ2n) is 8.27. The third-order valence-electron chi connectivity index (χ3n) is 6.10. The molecule has 1 atom stereocenters. The van der Waals surface area contributed by atoms with Crippen LogP contribution in [0.5, 0.6) is 5.88 Å². The Kier molecular flexibility index (Phi) is 5.90. The molecule has 3 aromatic heterocycles. The number of carbonyl (C=O) groups is 1. The number of piperidine rings is 1. The highest BCUT2D eigenvalue weighted by Gasteiger charge is 2.34. The first-order valence-corrected chi connectivity index (χ1v) is 12.0. The molecule has 4 aromatic rings. The second kappa shape index (κ2) is 8.99. The fourth-order valence-corrected chi connectivity index (χ4v) is 5.49. The molecule has 1 aliphatic rings. The molecular formula is C24H26N4O4S. The third kappa shape index (κ3) is 4.14. The van der Waals surface area contributed by atoms with Crippen molar-refractivity contribution in [3.63, 3.8) is 0 Å². The lowest BCUT2D eigenvalue weighted by molar-refractivity contribution is -0.149. The average Bonchev–Trinajstić information content (AvgIpc) is 3.55. The number of hydrogen-bond donors (Lipinski definition) is 1. The van der Waals surface area contributed by atoms with Gasteiger partial charge in [-0.25, -0.2) is 0 Å². The van der Waals surface area contributed by atoms with Gasteiger partial charge in [-0.2, -0.15) is 9.50 Å². The molecule has 0 spiro atoms. The van der Waals surface area contributed by atoms with E-state index in [0.717, 1.165) is 36.4 Å². The highest BCUT2D eigenvalue weighted by Crippen LogP contribution is 2.42. The largest absolute Gasteiger partial charge is 0.492 e. The number of aryl methyl sites for hydroxylation is 1. The molecule has 172 valence electrons. The van der Waals surface area contributed by atoms with Crippen LogP contribution in [0.15, 0.2) is 47.1 Å². The minimum atomic E-state index is -0.158. The number of ether oxygens (including phenoxy) is 1. The lowest BCUT2D eigenvalue weighted by Crippen LogP contribution is -2.39. The van der Waals surface area contributed by atoms with Crippen molar-refractivity contribution < 1.29 is 19.1 Å². The molecule has 0 bridgehead atoms. The van der Waals surface area contributed by atoms with E-state index < -0.39 is 0 Å². The van der Waals surface area contributed by atoms with E-state index in [1.54, 1.807) is 18.4 Å². The fraction of sp³-hybridized carbons (Fsp3) is 0.375. The van der Waals surface area contributed by atoms with Crippen molar-refractivity contribution >= 4 is 22.3 Å². The van der Waals surface area contributed by atoms with Gasteiger partial charge in [0, 0.05) is 0 Å². The molecule has 1 saturated heterocycles. The Bertz CT molecular complexity index is 1240. The first kappa shape index (κ1) is 21.7. The number of aromatic nitrogens is 3. The summed E-state index contributed by atoms with van der Waals surface area (Å²) in [5, 5.41) is 15.6. The van der Waals surface area contributed by atoms with Gasteiger partial charge in [-0.15, -0.1) is 5.10 Å². The van der Waals surface area contributed by atoms with E-state index >= 15 is 0 Å². The van der Waals surface area contributed by atoms with Crippen LogP contribution in [0, 0.1) is 12.8 Å². The molecule has 0 amide bonds. The summed E-state index contributed by atoms with van der Waals surface area (Å²) in [7, 11) is 0. The molecule has 1 fully saturated rings. The zero-order valence-electron chi connectivity index (χ0n) is 18.6. The van der Waals surface area contributed by atoms with Gasteiger partial charge in [-0.1, -0.05) is 41.2 Å². The monoisotopic (exact) mass is 466 g/mol. The van der Waals surface area contributed by atoms with Crippen molar-refractivity contribution in [1.82, 2.24) is 19.5 Å². The molecule has 9 heteroatoms. The van der Waals surface area contributed by atoms with E-state index in [0.29, 0.717) is 23.2 Å². The summed E-state index contributed by atoms with van der Waals surface area (Å²) >= 11 is 1.42. The van der Waals surface area contributed by atoms with Crippen molar-refractivity contribution in [2.45, 2.75) is 32.7 Å². The Morgan fingerprint density at radius 1 is 1.27 bits per heavy atom. The van der Waals surface area contributed by atoms with Gasteiger partial charge in [0.15, 0.2) is 5.76 Å². The molecule has 0 aliphatic carbocycles. The summed E-state index contributed by atoms with van der Waals surface area (Å²) in [6, 6.07) is 11.8. The van der Waals surface area contributed by atoms with Crippen molar-refractivity contribution in [3.8, 4) is 17.5 Å². The third-order valence-corrected chi connectivity index (χ3v) is 7.17. The predicted molar refractivity (Wildman–Crippen MR) is 124 cm³/mol. The van der Waals surface area contributed by atoms with E-state index in [-0.39, 0.29) is 23.8 Å². The summed E-state index contributed by atoms with van der Waals surface area (Å²) in [5.41, 5.74) is 2.26. The summed E-state index contributed by atoms with van der Waals surface area (Å²) in [5.74, 6) is 0.888. The van der Waals surface area contributed by atoms with Crippen LogP contribution >= 0.6 is 11.3 Å². The minimum Gasteiger partial charge on any atom is -0.492 e. The smallest absolute Gasteiger partial charge is 0.309 e. The maximum atomic E-state index is 12.2. The van der Waals surface area contributed by atoms with E-state index in [9.17, 15) is 9.90 Å². The fourth-order valence-electron chi connectivity index (χ4n) is 4.37. The Morgan fingerprint density at radius 3 is 2.67 bits per heavy atom. The van der Waals surface area contributed by atoms with Crippen LogP contribution in [0.1, 0.15) is 41.8 Å². The first-order valence-electron chi connectivity index (χ1n) is 11.1. The SMILES string of the molecule is CCOC(=O)C1CCN([C@H](c2ccc(C)cc2)c2sc3nc(-c4ccco4)nn3c2O)CC1. The molecule has 1 aliphatic heterocycles. The van der Waals surface area contributed by atoms with Crippen LogP contribution in [-0.4, -0.2) is 50.3 Å². The molecule has 0 unspecified atom stereocenters. The number of nitrogens with zero attached hydrogens (tertiary/aromatic N) is 4. The molecular weight excluding hydrogens is 440 g/mol. The van der Waals surface area contributed by atoms with Gasteiger partial charge in [0.1, 0.15) is 0 Å². The highest BCUT2D eigenvalue weighted by atomic mass is 32.1. The normalized spacial score (nSPS) is 16.3. The number of thiazole rings is 1. The van der Waals surface area contributed by atoms with Gasteiger partial charge in [0.05, 0.1) is 29.7 Å². The molecule has 1 N–H and O–H groups in total. The molecule has 1 aromatic carbocycles. The predicted octanol–water partition coefficient (Wildman–Crippen LogP) is 4.43. The minimum absolute atomic E-state index is 0.0772. The number of fused-ring (bicyclic) bond motifs is 1. The average molecular weight is 467 g/mol. The first-order chi connectivity index (χ1) is 16.0. The van der Waals surface area contributed by atoms with Crippen LogP contribution in [0.3, 0.4) is 0 Å². The number of esters is 1. The standard InChI is InChI=1S/C24H26N4O4S/c1-3-31-23(30)17-10-12-27(13-11-17)19(16-8-6-15(2)7-9-16)20-22(29)28-24(33-20)25-21(26-28)18-5-4-14-32-18/h4-9,14,17,19,29H,3,10-13H2,1-2H3/t19-/m1/s1. The van der Waals surface area contributed by atoms with Crippen LogP contribution in [0.25, 0.3) is 16.5 Å². The molecule has 33 heavy (non-hydrogen) atoms. The number of aromatic hydroxyl groups is 1. The Balaban J connectivity index is 1.48. The maximum absolute atomic E-state index is 12.2. The van der Waals surface area contributed by atoms with E-state index in [2.05, 4.69) is 46.2 Å². The number of carbonyl (C=O) groups excluding carboxylic acids is 1. The summed E-state index contributed by atoms with van der Waals surface area (Å²) in [6.07, 6.45) is 3.03. The number of rotatable bonds is 6. The topological polar surface area (TPSA) is 93.1 Å². The molecule has 4 heterocycles. The van der Waals surface area contributed by atoms with Crippen molar-refractivity contribution in [1.29, 1.82) is 0 Å². The molecule has 0 saturated carbocycles. The quantitative estimate of drug-likeness (QED) is 0.420. The van der Waals surface area contributed by atoms with Crippen molar-refractivity contribution in [3.05, 3.63) is 58.7 Å². The highest BCUT2D eigenvalue weighted by molar-refractivity contribution is 7.17. The lowest BCUT2D eigenvalue weighted by atomic mass is 9.93. The summed E-state index contributed by atoms with van der Waals surface area (Å²) < 4.78 is 12.1. The van der Waals surface area contributed by atoms with Gasteiger partial charge < -0.3 is 14.3 Å².